The third-order valence-corrected chi connectivity index (χ3v) is 6.81. The van der Waals surface area contributed by atoms with Crippen LogP contribution in [0.5, 0.6) is 5.75 Å². The van der Waals surface area contributed by atoms with Crippen molar-refractivity contribution in [2.75, 3.05) is 20.3 Å². The van der Waals surface area contributed by atoms with Crippen molar-refractivity contribution in [3.63, 3.8) is 0 Å². The van der Waals surface area contributed by atoms with Crippen LogP contribution >= 0.6 is 0 Å². The molecule has 3 heterocycles. The number of hydrogen-bond acceptors (Lipinski definition) is 4. The molecule has 1 saturated heterocycles. The molecule has 4 atom stereocenters. The summed E-state index contributed by atoms with van der Waals surface area (Å²) in [5, 5.41) is 31.1. The zero-order chi connectivity index (χ0) is 18.6. The summed E-state index contributed by atoms with van der Waals surface area (Å²) in [5.41, 5.74) is 4.78. The van der Waals surface area contributed by atoms with Crippen molar-refractivity contribution in [3.8, 4) is 5.75 Å². The van der Waals surface area contributed by atoms with Gasteiger partial charge in [0.15, 0.2) is 0 Å². The van der Waals surface area contributed by atoms with Crippen molar-refractivity contribution in [2.45, 2.75) is 31.8 Å². The molecule has 3 N–H and O–H groups in total. The number of aromatic nitrogens is 1. The third kappa shape index (κ3) is 2.34. The van der Waals surface area contributed by atoms with Crippen LogP contribution in [-0.2, 0) is 13.5 Å². The number of aromatic hydroxyl groups is 1. The Balaban J connectivity index is 1.89. The molecule has 0 radical (unpaired) electrons. The van der Waals surface area contributed by atoms with E-state index in [1.54, 1.807) is 6.07 Å². The first-order valence-corrected chi connectivity index (χ1v) is 9.40. The molecule has 1 fully saturated rings. The largest absolute Gasteiger partial charge is 0.508 e. The van der Waals surface area contributed by atoms with Crippen LogP contribution in [0.25, 0.3) is 10.9 Å². The van der Waals surface area contributed by atoms with Gasteiger partial charge in [0.25, 0.3) is 0 Å². The summed E-state index contributed by atoms with van der Waals surface area (Å²) >= 11 is 0. The Bertz CT molecular complexity index is 870. The molecule has 2 aromatic rings. The number of hydrogen-bond donors (Lipinski definition) is 3. The topological polar surface area (TPSA) is 68.9 Å². The second-order valence-electron chi connectivity index (χ2n) is 7.79. The number of aliphatic hydroxyl groups is 2. The van der Waals surface area contributed by atoms with E-state index in [4.69, 9.17) is 0 Å². The lowest BCUT2D eigenvalue weighted by molar-refractivity contribution is -0.0103. The van der Waals surface area contributed by atoms with E-state index in [2.05, 4.69) is 23.6 Å². The average molecular weight is 356 g/mol. The summed E-state index contributed by atoms with van der Waals surface area (Å²) in [7, 11) is 4.25. The number of nitrogens with zero attached hydrogens (tertiary/aromatic N) is 2. The van der Waals surface area contributed by atoms with Gasteiger partial charge < -0.3 is 19.9 Å². The maximum absolute atomic E-state index is 10.2. The Morgan fingerprint density at radius 2 is 2.04 bits per heavy atom. The van der Waals surface area contributed by atoms with Gasteiger partial charge >= 0.3 is 0 Å². The predicted octanol–water partition coefficient (Wildman–Crippen LogP) is 2.35. The van der Waals surface area contributed by atoms with Crippen LogP contribution in [0, 0.1) is 11.8 Å². The van der Waals surface area contributed by atoms with Gasteiger partial charge in [-0.1, -0.05) is 6.08 Å². The van der Waals surface area contributed by atoms with Gasteiger partial charge in [0.1, 0.15) is 5.75 Å². The Morgan fingerprint density at radius 3 is 2.69 bits per heavy atom. The average Bonchev–Trinajstić information content (AvgIpc) is 2.89. The molecule has 4 rings (SSSR count). The highest BCUT2D eigenvalue weighted by Gasteiger charge is 2.47. The van der Waals surface area contributed by atoms with E-state index in [0.29, 0.717) is 5.75 Å². The molecule has 0 aliphatic carbocycles. The highest BCUT2D eigenvalue weighted by molar-refractivity contribution is 5.87. The lowest BCUT2D eigenvalue weighted by Gasteiger charge is -2.52. The van der Waals surface area contributed by atoms with E-state index < -0.39 is 0 Å². The number of piperidine rings is 1. The van der Waals surface area contributed by atoms with E-state index >= 15 is 0 Å². The minimum Gasteiger partial charge on any atom is -0.508 e. The number of fused-ring (bicyclic) bond motifs is 6. The number of aryl methyl sites for hydroxylation is 1. The Labute approximate surface area is 154 Å². The Hall–Kier alpha value is -1.82. The molecule has 2 aliphatic heterocycles. The molecular formula is C21H28N2O3. The minimum atomic E-state index is 0.0522. The first-order valence-electron chi connectivity index (χ1n) is 9.40. The number of rotatable bonds is 3. The summed E-state index contributed by atoms with van der Waals surface area (Å²) < 4.78 is 2.26. The van der Waals surface area contributed by atoms with Crippen LogP contribution < -0.4 is 0 Å². The van der Waals surface area contributed by atoms with Crippen molar-refractivity contribution < 1.29 is 15.3 Å². The van der Waals surface area contributed by atoms with Crippen LogP contribution in [0.4, 0.5) is 0 Å². The molecule has 1 aromatic heterocycles. The zero-order valence-electron chi connectivity index (χ0n) is 15.7. The highest BCUT2D eigenvalue weighted by atomic mass is 16.3. The fraction of sp³-hybridized carbons (Fsp3) is 0.524. The lowest BCUT2D eigenvalue weighted by Crippen LogP contribution is -2.54. The van der Waals surface area contributed by atoms with Gasteiger partial charge in [-0.25, -0.2) is 0 Å². The van der Waals surface area contributed by atoms with Crippen molar-refractivity contribution in [3.05, 3.63) is 41.1 Å². The molecule has 2 bridgehead atoms. The lowest BCUT2D eigenvalue weighted by atomic mass is 9.68. The second kappa shape index (κ2) is 6.41. The van der Waals surface area contributed by atoms with Gasteiger partial charge in [-0.05, 0) is 62.1 Å². The number of likely N-dealkylation sites (N-methyl/N-ethyl adjacent to an activating group) is 1. The van der Waals surface area contributed by atoms with Gasteiger partial charge in [0.2, 0.25) is 0 Å². The number of phenolic OH excluding ortho intramolecular Hbond substituents is 1. The second-order valence-corrected chi connectivity index (χ2v) is 7.79. The fourth-order valence-corrected chi connectivity index (χ4v) is 5.46. The molecule has 5 heteroatoms. The maximum Gasteiger partial charge on any atom is 0.116 e. The Morgan fingerprint density at radius 1 is 1.27 bits per heavy atom. The SMILES string of the molecule is CC=C(CO)C1CC2c3c(c4cc(O)ccc4n3C)CC(C1CO)N2C. The predicted molar refractivity (Wildman–Crippen MR) is 102 cm³/mol. The van der Waals surface area contributed by atoms with Crippen LogP contribution in [0.1, 0.15) is 30.6 Å². The number of aliphatic hydroxyl groups excluding tert-OH is 2. The first kappa shape index (κ1) is 17.6. The molecule has 0 saturated carbocycles. The maximum atomic E-state index is 10.2. The van der Waals surface area contributed by atoms with E-state index in [-0.39, 0.29) is 37.1 Å². The summed E-state index contributed by atoms with van der Waals surface area (Å²) in [6, 6.07) is 6.07. The Kier molecular flexibility index (Phi) is 4.34. The van der Waals surface area contributed by atoms with Gasteiger partial charge in [0, 0.05) is 42.2 Å². The monoisotopic (exact) mass is 356 g/mol. The molecule has 2 aliphatic rings. The molecule has 5 nitrogen and oxygen atoms in total. The molecule has 1 aromatic carbocycles. The van der Waals surface area contributed by atoms with Gasteiger partial charge in [-0.3, -0.25) is 4.90 Å². The molecule has 0 spiro atoms. The summed E-state index contributed by atoms with van der Waals surface area (Å²) in [4.78, 5) is 2.41. The number of phenols is 1. The third-order valence-electron chi connectivity index (χ3n) is 6.81. The van der Waals surface area contributed by atoms with E-state index in [9.17, 15) is 15.3 Å². The van der Waals surface area contributed by atoms with Crippen molar-refractivity contribution in [2.24, 2.45) is 18.9 Å². The highest BCUT2D eigenvalue weighted by Crippen LogP contribution is 2.50. The van der Waals surface area contributed by atoms with Gasteiger partial charge in [0.05, 0.1) is 12.6 Å². The molecular weight excluding hydrogens is 328 g/mol. The standard InChI is InChI=1S/C21H28N2O3/c1-4-12(10-24)14-8-20-21-16(9-19(22(20)2)17(14)11-25)15-7-13(26)5-6-18(15)23(21)3/h4-7,14,17,19-20,24-26H,8-11H2,1-3H3. The molecule has 4 unspecified atom stereocenters. The molecule has 26 heavy (non-hydrogen) atoms. The van der Waals surface area contributed by atoms with Crippen LogP contribution in [-0.4, -0.2) is 51.1 Å². The molecule has 0 amide bonds. The van der Waals surface area contributed by atoms with Gasteiger partial charge in [-0.2, -0.15) is 0 Å². The van der Waals surface area contributed by atoms with Crippen LogP contribution in [0.2, 0.25) is 0 Å². The van der Waals surface area contributed by atoms with Crippen LogP contribution in [0.3, 0.4) is 0 Å². The van der Waals surface area contributed by atoms with Crippen LogP contribution in [0.15, 0.2) is 29.8 Å². The quantitative estimate of drug-likeness (QED) is 0.739. The summed E-state index contributed by atoms with van der Waals surface area (Å²) in [6.45, 7) is 2.14. The first-order chi connectivity index (χ1) is 12.5. The fourth-order valence-electron chi connectivity index (χ4n) is 5.46. The molecule has 140 valence electrons. The van der Waals surface area contributed by atoms with E-state index in [0.717, 1.165) is 29.3 Å². The van der Waals surface area contributed by atoms with E-state index in [1.807, 2.05) is 25.1 Å². The summed E-state index contributed by atoms with van der Waals surface area (Å²) in [6.07, 6.45) is 3.75. The van der Waals surface area contributed by atoms with Crippen molar-refractivity contribution in [1.29, 1.82) is 0 Å². The zero-order valence-corrected chi connectivity index (χ0v) is 15.7. The van der Waals surface area contributed by atoms with E-state index in [1.165, 1.54) is 11.3 Å². The number of allylic oxidation sites excluding steroid dienone is 1. The van der Waals surface area contributed by atoms with Crippen molar-refractivity contribution >= 4 is 10.9 Å². The normalized spacial score (nSPS) is 29.2. The summed E-state index contributed by atoms with van der Waals surface area (Å²) in [5.74, 6) is 0.596. The smallest absolute Gasteiger partial charge is 0.116 e. The van der Waals surface area contributed by atoms with Gasteiger partial charge in [-0.15, -0.1) is 0 Å². The number of benzene rings is 1. The van der Waals surface area contributed by atoms with Crippen molar-refractivity contribution in [1.82, 2.24) is 9.47 Å². The minimum absolute atomic E-state index is 0.0522.